The molecule has 0 fully saturated rings. The molecule has 5 rings (SSSR count). The van der Waals surface area contributed by atoms with E-state index in [1.807, 2.05) is 0 Å². The van der Waals surface area contributed by atoms with E-state index in [4.69, 9.17) is 37.7 Å². The first-order chi connectivity index (χ1) is 16.0. The van der Waals surface area contributed by atoms with Crippen molar-refractivity contribution in [3.8, 4) is 23.0 Å². The van der Waals surface area contributed by atoms with Crippen LogP contribution in [-0.4, -0.2) is 29.2 Å². The Bertz CT molecular complexity index is 1410. The molecule has 7 nitrogen and oxygen atoms in total. The Kier molecular flexibility index (Phi) is 5.57. The minimum atomic E-state index is -0.446. The summed E-state index contributed by atoms with van der Waals surface area (Å²) in [7, 11) is 0. The van der Waals surface area contributed by atoms with Crippen LogP contribution in [0, 0.1) is 5.82 Å². The van der Waals surface area contributed by atoms with Crippen LogP contribution in [0.4, 0.5) is 10.1 Å². The quantitative estimate of drug-likeness (QED) is 0.388. The van der Waals surface area contributed by atoms with Crippen LogP contribution in [0.2, 0.25) is 5.02 Å². The topological polar surface area (TPSA) is 85.6 Å². The standard InChI is InChI=1S/C23H15ClFN3O4S/c24-16-10-13(25)2-4-15(16)22-27-17-11-14(3-6-18(17)32-22)26-23(33)28-21(29)12-1-5-19-20(9-12)31-8-7-30-19/h1-6,9-11H,7-8H2,(H2,26,28,29,33). The number of benzene rings is 3. The van der Waals surface area contributed by atoms with E-state index in [0.29, 0.717) is 52.6 Å². The minimum Gasteiger partial charge on any atom is -0.486 e. The van der Waals surface area contributed by atoms with Crippen LogP contribution in [0.25, 0.3) is 22.6 Å². The van der Waals surface area contributed by atoms with Gasteiger partial charge in [0.25, 0.3) is 5.91 Å². The Morgan fingerprint density at radius 1 is 1.03 bits per heavy atom. The molecule has 166 valence electrons. The Labute approximate surface area is 197 Å². The maximum absolute atomic E-state index is 13.3. The second kappa shape index (κ2) is 8.68. The summed E-state index contributed by atoms with van der Waals surface area (Å²) in [5.74, 6) is 0.544. The molecule has 33 heavy (non-hydrogen) atoms. The van der Waals surface area contributed by atoms with Gasteiger partial charge in [0.2, 0.25) is 5.89 Å². The van der Waals surface area contributed by atoms with Gasteiger partial charge in [-0.25, -0.2) is 9.37 Å². The molecule has 0 radical (unpaired) electrons. The smallest absolute Gasteiger partial charge is 0.257 e. The summed E-state index contributed by atoms with van der Waals surface area (Å²) < 4.78 is 30.0. The molecule has 1 aromatic heterocycles. The van der Waals surface area contributed by atoms with E-state index in [9.17, 15) is 9.18 Å². The third kappa shape index (κ3) is 4.46. The van der Waals surface area contributed by atoms with E-state index >= 15 is 0 Å². The molecule has 0 bridgehead atoms. The van der Waals surface area contributed by atoms with Gasteiger partial charge in [-0.2, -0.15) is 0 Å². The van der Waals surface area contributed by atoms with Crippen molar-refractivity contribution in [2.45, 2.75) is 0 Å². The highest BCUT2D eigenvalue weighted by Crippen LogP contribution is 2.32. The number of oxazole rings is 1. The molecular formula is C23H15ClFN3O4S. The molecule has 2 N–H and O–H groups in total. The zero-order chi connectivity index (χ0) is 22.9. The van der Waals surface area contributed by atoms with Crippen LogP contribution in [0.3, 0.4) is 0 Å². The summed E-state index contributed by atoms with van der Waals surface area (Å²) in [6.45, 7) is 0.901. The maximum Gasteiger partial charge on any atom is 0.257 e. The average molecular weight is 484 g/mol. The zero-order valence-corrected chi connectivity index (χ0v) is 18.4. The van der Waals surface area contributed by atoms with E-state index in [1.54, 1.807) is 36.4 Å². The molecule has 4 aromatic rings. The lowest BCUT2D eigenvalue weighted by Crippen LogP contribution is -2.34. The molecule has 0 atom stereocenters. The van der Waals surface area contributed by atoms with Crippen molar-refractivity contribution in [2.75, 3.05) is 18.5 Å². The number of nitrogens with one attached hydrogen (secondary N) is 2. The lowest BCUT2D eigenvalue weighted by atomic mass is 10.2. The van der Waals surface area contributed by atoms with Crippen molar-refractivity contribution in [1.82, 2.24) is 10.3 Å². The first kappa shape index (κ1) is 21.2. The molecule has 1 aliphatic rings. The van der Waals surface area contributed by atoms with Crippen molar-refractivity contribution in [3.05, 3.63) is 71.0 Å². The Hall–Kier alpha value is -3.69. The van der Waals surface area contributed by atoms with E-state index in [2.05, 4.69) is 15.6 Å². The highest BCUT2D eigenvalue weighted by Gasteiger charge is 2.16. The van der Waals surface area contributed by atoms with Gasteiger partial charge in [-0.3, -0.25) is 10.1 Å². The molecule has 0 saturated heterocycles. The Balaban J connectivity index is 1.29. The summed E-state index contributed by atoms with van der Waals surface area (Å²) in [5.41, 5.74) is 2.51. The van der Waals surface area contributed by atoms with Crippen molar-refractivity contribution in [2.24, 2.45) is 0 Å². The number of aromatic nitrogens is 1. The second-order valence-electron chi connectivity index (χ2n) is 7.09. The summed E-state index contributed by atoms with van der Waals surface area (Å²) in [5, 5.41) is 5.89. The van der Waals surface area contributed by atoms with Gasteiger partial charge in [0.05, 0.1) is 10.6 Å². The number of carbonyl (C=O) groups is 1. The fraction of sp³-hybridized carbons (Fsp3) is 0.0870. The fourth-order valence-corrected chi connectivity index (χ4v) is 3.76. The number of ether oxygens (including phenoxy) is 2. The maximum atomic E-state index is 13.3. The minimum absolute atomic E-state index is 0.111. The molecule has 10 heteroatoms. The van der Waals surface area contributed by atoms with Gasteiger partial charge in [-0.05, 0) is 66.8 Å². The fourth-order valence-electron chi connectivity index (χ4n) is 3.31. The summed E-state index contributed by atoms with van der Waals surface area (Å²) >= 11 is 11.4. The molecule has 0 aliphatic carbocycles. The Morgan fingerprint density at radius 3 is 2.67 bits per heavy atom. The summed E-state index contributed by atoms with van der Waals surface area (Å²) in [6.07, 6.45) is 0. The van der Waals surface area contributed by atoms with Crippen molar-refractivity contribution >= 4 is 51.6 Å². The van der Waals surface area contributed by atoms with Crippen molar-refractivity contribution in [1.29, 1.82) is 0 Å². The Morgan fingerprint density at radius 2 is 1.85 bits per heavy atom. The van der Waals surface area contributed by atoms with Gasteiger partial charge < -0.3 is 19.2 Å². The summed E-state index contributed by atoms with van der Waals surface area (Å²) in [6, 6.07) is 14.1. The molecule has 0 spiro atoms. The molecule has 3 aromatic carbocycles. The molecule has 1 amide bonds. The van der Waals surface area contributed by atoms with E-state index < -0.39 is 5.82 Å². The third-order valence-corrected chi connectivity index (χ3v) is 5.36. The van der Waals surface area contributed by atoms with Crippen molar-refractivity contribution < 1.29 is 23.1 Å². The van der Waals surface area contributed by atoms with E-state index in [-0.39, 0.29) is 21.9 Å². The highest BCUT2D eigenvalue weighted by atomic mass is 35.5. The van der Waals surface area contributed by atoms with E-state index in [1.165, 1.54) is 18.2 Å². The van der Waals surface area contributed by atoms with Crippen LogP contribution >= 0.6 is 23.8 Å². The highest BCUT2D eigenvalue weighted by molar-refractivity contribution is 7.80. The third-order valence-electron chi connectivity index (χ3n) is 4.84. The number of carbonyl (C=O) groups excluding carboxylic acids is 1. The van der Waals surface area contributed by atoms with Crippen molar-refractivity contribution in [3.63, 3.8) is 0 Å². The monoisotopic (exact) mass is 483 g/mol. The number of halogens is 2. The number of thiocarbonyl (C=S) groups is 1. The normalized spacial score (nSPS) is 12.4. The number of fused-ring (bicyclic) bond motifs is 2. The number of anilines is 1. The number of amides is 1. The largest absolute Gasteiger partial charge is 0.486 e. The van der Waals surface area contributed by atoms with Crippen LogP contribution in [-0.2, 0) is 0 Å². The predicted octanol–water partition coefficient (Wildman–Crippen LogP) is 5.19. The van der Waals surface area contributed by atoms with Gasteiger partial charge in [0.1, 0.15) is 24.5 Å². The molecule has 1 aliphatic heterocycles. The van der Waals surface area contributed by atoms with Crippen LogP contribution < -0.4 is 20.1 Å². The predicted molar refractivity (Wildman–Crippen MR) is 126 cm³/mol. The second-order valence-corrected chi connectivity index (χ2v) is 7.91. The number of hydrogen-bond acceptors (Lipinski definition) is 6. The van der Waals surface area contributed by atoms with Crippen LogP contribution in [0.1, 0.15) is 10.4 Å². The van der Waals surface area contributed by atoms with Crippen LogP contribution in [0.5, 0.6) is 11.5 Å². The van der Waals surface area contributed by atoms with Gasteiger partial charge in [-0.1, -0.05) is 11.6 Å². The average Bonchev–Trinajstić information content (AvgIpc) is 3.21. The van der Waals surface area contributed by atoms with Gasteiger partial charge in [0, 0.05) is 11.3 Å². The van der Waals surface area contributed by atoms with E-state index in [0.717, 1.165) is 0 Å². The first-order valence-electron chi connectivity index (χ1n) is 9.84. The SMILES string of the molecule is O=C(NC(=S)Nc1ccc2oc(-c3ccc(F)cc3Cl)nc2c1)c1ccc2c(c1)OCCO2. The lowest BCUT2D eigenvalue weighted by molar-refractivity contribution is 0.0976. The van der Waals surface area contributed by atoms with Gasteiger partial charge in [0.15, 0.2) is 22.2 Å². The number of nitrogens with zero attached hydrogens (tertiary/aromatic N) is 1. The number of hydrogen-bond donors (Lipinski definition) is 2. The van der Waals surface area contributed by atoms with Gasteiger partial charge in [-0.15, -0.1) is 0 Å². The van der Waals surface area contributed by atoms with Gasteiger partial charge >= 0.3 is 0 Å². The molecule has 0 saturated carbocycles. The molecular weight excluding hydrogens is 469 g/mol. The van der Waals surface area contributed by atoms with Crippen LogP contribution in [0.15, 0.2) is 59.0 Å². The summed E-state index contributed by atoms with van der Waals surface area (Å²) in [4.78, 5) is 17.0. The molecule has 2 heterocycles. The lowest BCUT2D eigenvalue weighted by Gasteiger charge is -2.18. The number of rotatable bonds is 3. The molecule has 0 unspecified atom stereocenters. The first-order valence-corrected chi connectivity index (χ1v) is 10.6. The zero-order valence-electron chi connectivity index (χ0n) is 16.9.